The number of carbonyl (C=O) groups is 2. The van der Waals surface area contributed by atoms with Crippen molar-refractivity contribution >= 4 is 23.4 Å². The maximum atomic E-state index is 15.0. The number of cyclic esters (lactones) is 2. The van der Waals surface area contributed by atoms with E-state index in [2.05, 4.69) is 10.3 Å². The molecule has 16 unspecified atom stereocenters. The topological polar surface area (TPSA) is 415 Å². The van der Waals surface area contributed by atoms with Gasteiger partial charge in [0, 0.05) is 94.9 Å². The zero-order valence-corrected chi connectivity index (χ0v) is 74.2. The van der Waals surface area contributed by atoms with Crippen LogP contribution in [0, 0.1) is 47.3 Å². The van der Waals surface area contributed by atoms with Gasteiger partial charge in [-0.25, -0.2) is 0 Å². The van der Waals surface area contributed by atoms with E-state index in [9.17, 15) is 60.7 Å². The van der Waals surface area contributed by atoms with E-state index >= 15 is 0 Å². The Morgan fingerprint density at radius 3 is 1.25 bits per heavy atom. The summed E-state index contributed by atoms with van der Waals surface area (Å²) in [6.07, 6.45) is -23.3. The van der Waals surface area contributed by atoms with Crippen molar-refractivity contribution in [2.45, 2.75) is 365 Å². The summed E-state index contributed by atoms with van der Waals surface area (Å²) in [7, 11) is 8.17. The molecule has 1 aromatic rings. The van der Waals surface area contributed by atoms with Crippen LogP contribution in [0.1, 0.15) is 195 Å². The molecule has 6 aliphatic rings. The highest BCUT2D eigenvalue weighted by atomic mass is 16.8. The second-order valence-corrected chi connectivity index (χ2v) is 36.1. The average molecular weight is 1670 g/mol. The van der Waals surface area contributed by atoms with Crippen molar-refractivity contribution in [1.29, 1.82) is 0 Å². The van der Waals surface area contributed by atoms with Gasteiger partial charge < -0.3 is 127 Å². The first kappa shape index (κ1) is 100. The molecule has 36 atom stereocenters. The van der Waals surface area contributed by atoms with Gasteiger partial charge in [-0.15, -0.1) is 0 Å². The molecule has 7 rings (SSSR count). The number of benzene rings is 1. The Morgan fingerprint density at radius 1 is 0.496 bits per heavy atom. The Labute approximate surface area is 694 Å². The van der Waals surface area contributed by atoms with Crippen molar-refractivity contribution in [3.63, 3.8) is 0 Å². The minimum atomic E-state index is -2.07. The lowest BCUT2D eigenvalue weighted by molar-refractivity contribution is -0.319. The quantitative estimate of drug-likeness (QED) is 0.0228. The molecule has 1 aromatic carbocycles. The van der Waals surface area contributed by atoms with Gasteiger partial charge in [0.2, 0.25) is 6.79 Å². The molecule has 0 radical (unpaired) electrons. The standard InChI is InChI=1S/C85H148N4O28/c1-26-60-84(19,100)70(92)49(7)64(86-106-43-57-31-29-28-30-32-57)45(3)39-80(15,98)74(51(9)68(53(11)76(96)112-60)114-62-41-82(17,103-24)72(94)55(13)110-62)116-78-66(90)58(37-47(5)108-78)88(21)33-34-89(22)59-38-48(6)109-79(67(59)91)117-75-52(10)69(115-63-42-83(18,104-25)73(95)56(14)111-63)54(12)77(97)113-61(27-2)85(20,101)71(93)50(8)65(46(4)40-81(75,16)99)87-107-44-105-36-35-102-23/h28-32,45-56,58-63,66-75,78-79,90-95,98-101H,26-27,33-44H2,1-25H3/b86-64+,87-65+/t45-,46-,47?,48?,49+,50+,51+,52+,53-,54-,55?,56?,58?,59?,60-,61-,62?,63?,66?,67?,68+,69+,70-,71-,72?,73?,74-,75-,78?,79?,80+,81+,82?,83?,84-,85-/m1/s1. The zero-order chi connectivity index (χ0) is 87.5. The number of aliphatic hydroxyl groups is 10. The molecule has 676 valence electrons. The normalized spacial score (nSPS) is 45.6. The molecule has 32 heteroatoms. The molecule has 0 amide bonds. The van der Waals surface area contributed by atoms with E-state index in [1.165, 1.54) is 35.2 Å². The molecule has 0 saturated carbocycles. The summed E-state index contributed by atoms with van der Waals surface area (Å²) < 4.78 is 88.9. The number of carbonyl (C=O) groups excluding carboxylic acids is 2. The molecule has 10 N–H and O–H groups in total. The Hall–Kier alpha value is -3.86. The fraction of sp³-hybridized carbons (Fsp3) is 0.882. The summed E-state index contributed by atoms with van der Waals surface area (Å²) in [6.45, 7) is 34.2. The number of hydrogen-bond acceptors (Lipinski definition) is 32. The minimum absolute atomic E-state index is 0.000137. The summed E-state index contributed by atoms with van der Waals surface area (Å²) in [6, 6.07) is 8.01. The van der Waals surface area contributed by atoms with Gasteiger partial charge in [0.25, 0.3) is 0 Å². The summed E-state index contributed by atoms with van der Waals surface area (Å²) in [4.78, 5) is 45.6. The van der Waals surface area contributed by atoms with Crippen LogP contribution in [0.25, 0.3) is 0 Å². The van der Waals surface area contributed by atoms with Gasteiger partial charge in [-0.05, 0) is 141 Å². The first-order valence-electron chi connectivity index (χ1n) is 42.2. The Balaban J connectivity index is 1.22. The van der Waals surface area contributed by atoms with Gasteiger partial charge in [0.1, 0.15) is 54.4 Å². The van der Waals surface area contributed by atoms with Crippen molar-refractivity contribution in [3.05, 3.63) is 35.9 Å². The molecule has 6 aliphatic heterocycles. The first-order chi connectivity index (χ1) is 54.6. The molecule has 6 heterocycles. The number of methoxy groups -OCH3 is 3. The second-order valence-electron chi connectivity index (χ2n) is 36.1. The summed E-state index contributed by atoms with van der Waals surface area (Å²) in [5, 5.41) is 134. The van der Waals surface area contributed by atoms with E-state index in [0.717, 1.165) is 5.56 Å². The van der Waals surface area contributed by atoms with E-state index in [-0.39, 0.29) is 76.6 Å². The highest BCUT2D eigenvalue weighted by Gasteiger charge is 2.58. The first-order valence-corrected chi connectivity index (χ1v) is 42.2. The van der Waals surface area contributed by atoms with Crippen LogP contribution in [-0.4, -0.2) is 321 Å². The van der Waals surface area contributed by atoms with Crippen molar-refractivity contribution < 1.29 is 137 Å². The van der Waals surface area contributed by atoms with Gasteiger partial charge >= 0.3 is 11.9 Å². The molecule has 0 bridgehead atoms. The number of oxime groups is 2. The summed E-state index contributed by atoms with van der Waals surface area (Å²) in [5.41, 5.74) is -9.07. The predicted octanol–water partition coefficient (Wildman–Crippen LogP) is 5.75. The molecule has 0 spiro atoms. The third-order valence-electron chi connectivity index (χ3n) is 26.3. The van der Waals surface area contributed by atoms with Crippen LogP contribution in [0.2, 0.25) is 0 Å². The molecule has 0 aromatic heterocycles. The van der Waals surface area contributed by atoms with Gasteiger partial charge in [0.15, 0.2) is 25.2 Å². The highest BCUT2D eigenvalue weighted by molar-refractivity contribution is 5.89. The van der Waals surface area contributed by atoms with Gasteiger partial charge in [-0.1, -0.05) is 96.0 Å². The summed E-state index contributed by atoms with van der Waals surface area (Å²) >= 11 is 0. The zero-order valence-electron chi connectivity index (χ0n) is 74.2. The Bertz CT molecular complexity index is 3270. The van der Waals surface area contributed by atoms with Crippen LogP contribution in [0.4, 0.5) is 0 Å². The van der Waals surface area contributed by atoms with E-state index in [1.807, 2.05) is 75.0 Å². The Kier molecular flexibility index (Phi) is 36.6. The largest absolute Gasteiger partial charge is 0.459 e. The number of nitrogens with zero attached hydrogens (tertiary/aromatic N) is 4. The van der Waals surface area contributed by atoms with E-state index in [1.54, 1.807) is 104 Å². The predicted molar refractivity (Wildman–Crippen MR) is 430 cm³/mol. The maximum Gasteiger partial charge on any atom is 0.311 e. The molecule has 0 aliphatic carbocycles. The second kappa shape index (κ2) is 42.7. The number of likely N-dealkylation sites (N-methyl/N-ethyl adjacent to an activating group) is 2. The highest BCUT2D eigenvalue weighted by Crippen LogP contribution is 2.45. The van der Waals surface area contributed by atoms with Crippen molar-refractivity contribution in [2.24, 2.45) is 57.7 Å². The van der Waals surface area contributed by atoms with Crippen molar-refractivity contribution in [2.75, 3.05) is 68.5 Å². The van der Waals surface area contributed by atoms with Gasteiger partial charge in [-0.2, -0.15) is 0 Å². The minimum Gasteiger partial charge on any atom is -0.459 e. The summed E-state index contributed by atoms with van der Waals surface area (Å²) in [5.74, 6) is -9.49. The van der Waals surface area contributed by atoms with E-state index in [0.29, 0.717) is 25.9 Å². The van der Waals surface area contributed by atoms with Crippen LogP contribution in [-0.2, 0) is 92.2 Å². The number of esters is 2. The molecular formula is C85H148N4O28. The molecule has 117 heavy (non-hydrogen) atoms. The molecule has 6 saturated heterocycles. The Morgan fingerprint density at radius 2 is 0.880 bits per heavy atom. The van der Waals surface area contributed by atoms with Crippen LogP contribution in [0.5, 0.6) is 0 Å². The van der Waals surface area contributed by atoms with E-state index < -0.39 is 228 Å². The maximum absolute atomic E-state index is 15.0. The van der Waals surface area contributed by atoms with Crippen LogP contribution < -0.4 is 0 Å². The fourth-order valence-electron chi connectivity index (χ4n) is 18.8. The van der Waals surface area contributed by atoms with E-state index in [4.69, 9.17) is 76.0 Å². The third-order valence-corrected chi connectivity index (χ3v) is 26.3. The number of aliphatic hydroxyl groups excluding tert-OH is 6. The average Bonchev–Trinajstić information content (AvgIpc) is 0.775. The van der Waals surface area contributed by atoms with Crippen LogP contribution >= 0.6 is 0 Å². The SMILES string of the molecule is CC[C@H]1OC(=O)[C@H](C)[C@@H](OC2CC(C)(OC)C(O)C(C)O2)[C@H](C)[C@@H](OC2OC(C)CC(N(C)CCN(C)C3CC(C)OC(O[C@@H]4[C@@H](C)[C@H](OC5CC(C)(OC)C(O)C(C)O5)[C@@H](C)C(=O)O[C@H](CC)[C@@](C)(O)[C@H](O)[C@@H](C)/C(=N/OCc5ccccc5)[C@H](C)C[C@]4(C)O)C3O)C2O)[C@@](C)(O)C[C@@H](C)/C(=N\OCOCCOC)[C@H](C)[C@@H](O)[C@]1(C)O. The van der Waals surface area contributed by atoms with Crippen molar-refractivity contribution in [1.82, 2.24) is 9.80 Å². The molecule has 6 fully saturated rings. The lowest BCUT2D eigenvalue weighted by atomic mass is 9.73. The molecular weight excluding hydrogens is 1520 g/mol. The smallest absolute Gasteiger partial charge is 0.311 e. The monoisotopic (exact) mass is 1670 g/mol. The number of hydrogen-bond donors (Lipinski definition) is 10. The lowest BCUT2D eigenvalue weighted by Crippen LogP contribution is -2.62. The van der Waals surface area contributed by atoms with Crippen LogP contribution in [0.3, 0.4) is 0 Å². The van der Waals surface area contributed by atoms with Gasteiger partial charge in [-0.3, -0.25) is 19.4 Å². The number of ether oxygens (including phenoxy) is 14. The number of rotatable bonds is 26. The molecule has 32 nitrogen and oxygen atoms in total. The third kappa shape index (κ3) is 24.2. The lowest BCUT2D eigenvalue weighted by Gasteiger charge is -2.49. The van der Waals surface area contributed by atoms with Gasteiger partial charge in [0.05, 0.1) is 120 Å². The fourth-order valence-corrected chi connectivity index (χ4v) is 18.8. The van der Waals surface area contributed by atoms with Crippen molar-refractivity contribution in [3.8, 4) is 0 Å². The van der Waals surface area contributed by atoms with Crippen LogP contribution in [0.15, 0.2) is 40.6 Å².